The Morgan fingerprint density at radius 1 is 0.950 bits per heavy atom. The van der Waals surface area contributed by atoms with Gasteiger partial charge in [0.05, 0.1) is 11.9 Å². The number of amides is 2. The van der Waals surface area contributed by atoms with E-state index in [-0.39, 0.29) is 31.3 Å². The Labute approximate surface area is 243 Å². The molecule has 3 aromatic rings. The zero-order valence-electron chi connectivity index (χ0n) is 23.3. The number of sulfonamides is 1. The molecule has 1 N–H and O–H groups in total. The molecule has 0 spiro atoms. The number of benzene rings is 3. The number of hydrogen-bond donors (Lipinski definition) is 1. The molecule has 0 radical (unpaired) electrons. The van der Waals surface area contributed by atoms with E-state index in [9.17, 15) is 18.0 Å². The van der Waals surface area contributed by atoms with Gasteiger partial charge in [-0.05, 0) is 55.2 Å². The van der Waals surface area contributed by atoms with Crippen LogP contribution in [0.2, 0.25) is 5.02 Å². The monoisotopic (exact) mass is 583 g/mol. The second-order valence-corrected chi connectivity index (χ2v) is 12.3. The number of carbonyl (C=O) groups is 2. The number of nitrogens with zero attached hydrogens (tertiary/aromatic N) is 2. The molecule has 7 nitrogen and oxygen atoms in total. The van der Waals surface area contributed by atoms with Gasteiger partial charge in [-0.3, -0.25) is 13.9 Å². The topological polar surface area (TPSA) is 86.8 Å². The van der Waals surface area contributed by atoms with Crippen molar-refractivity contribution in [1.82, 2.24) is 10.2 Å². The van der Waals surface area contributed by atoms with Gasteiger partial charge < -0.3 is 10.2 Å². The van der Waals surface area contributed by atoms with Gasteiger partial charge in [-0.15, -0.1) is 0 Å². The molecular weight excluding hydrogens is 546 g/mol. The molecule has 0 aliphatic carbocycles. The van der Waals surface area contributed by atoms with Gasteiger partial charge in [0, 0.05) is 37.5 Å². The molecule has 40 heavy (non-hydrogen) atoms. The fraction of sp³-hybridized carbons (Fsp3) is 0.355. The number of anilines is 1. The van der Waals surface area contributed by atoms with Gasteiger partial charge in [0.1, 0.15) is 6.04 Å². The summed E-state index contributed by atoms with van der Waals surface area (Å²) in [5, 5.41) is 3.50. The highest BCUT2D eigenvalue weighted by Crippen LogP contribution is 2.21. The van der Waals surface area contributed by atoms with Gasteiger partial charge in [-0.2, -0.15) is 0 Å². The van der Waals surface area contributed by atoms with Crippen molar-refractivity contribution in [1.29, 1.82) is 0 Å². The normalized spacial score (nSPS) is 12.0. The predicted molar refractivity (Wildman–Crippen MR) is 162 cm³/mol. The third-order valence-electron chi connectivity index (χ3n) is 6.54. The Balaban J connectivity index is 1.86. The summed E-state index contributed by atoms with van der Waals surface area (Å²) in [6, 6.07) is 23.3. The molecule has 9 heteroatoms. The lowest BCUT2D eigenvalue weighted by molar-refractivity contribution is -0.141. The largest absolute Gasteiger partial charge is 0.354 e. The van der Waals surface area contributed by atoms with Gasteiger partial charge in [0.2, 0.25) is 21.8 Å². The molecule has 2 amide bonds. The van der Waals surface area contributed by atoms with Crippen LogP contribution in [-0.4, -0.2) is 50.5 Å². The van der Waals surface area contributed by atoms with Crippen LogP contribution in [0.4, 0.5) is 5.69 Å². The first kappa shape index (κ1) is 31.2. The van der Waals surface area contributed by atoms with Gasteiger partial charge in [-0.25, -0.2) is 8.42 Å². The Hall–Kier alpha value is -3.36. The Morgan fingerprint density at radius 3 is 2.25 bits per heavy atom. The minimum atomic E-state index is -3.55. The summed E-state index contributed by atoms with van der Waals surface area (Å²) >= 11 is 6.23. The number of hydrogen-bond acceptors (Lipinski definition) is 4. The van der Waals surface area contributed by atoms with E-state index in [1.54, 1.807) is 29.2 Å². The summed E-state index contributed by atoms with van der Waals surface area (Å²) in [5.41, 5.74) is 3.32. The van der Waals surface area contributed by atoms with Crippen molar-refractivity contribution in [2.24, 2.45) is 0 Å². The van der Waals surface area contributed by atoms with Crippen LogP contribution in [0.15, 0.2) is 78.9 Å². The average molecular weight is 584 g/mol. The number of aryl methyl sites for hydroxylation is 1. The second-order valence-electron chi connectivity index (χ2n) is 9.92. The third-order valence-corrected chi connectivity index (χ3v) is 7.97. The summed E-state index contributed by atoms with van der Waals surface area (Å²) in [5.74, 6) is -0.455. The lowest BCUT2D eigenvalue weighted by atomic mass is 10.0. The molecule has 3 aromatic carbocycles. The van der Waals surface area contributed by atoms with Gasteiger partial charge in [0.25, 0.3) is 0 Å². The zero-order chi connectivity index (χ0) is 29.1. The molecule has 0 unspecified atom stereocenters. The smallest absolute Gasteiger partial charge is 0.243 e. The summed E-state index contributed by atoms with van der Waals surface area (Å²) in [6.07, 6.45) is 2.65. The quantitative estimate of drug-likeness (QED) is 0.277. The Kier molecular flexibility index (Phi) is 11.6. The average Bonchev–Trinajstić information content (AvgIpc) is 2.92. The third kappa shape index (κ3) is 9.38. The molecule has 0 aliphatic rings. The minimum absolute atomic E-state index is 0.0742. The van der Waals surface area contributed by atoms with Gasteiger partial charge in [-0.1, -0.05) is 78.7 Å². The Bertz CT molecular complexity index is 1360. The molecular formula is C31H38ClN3O4S. The fourth-order valence-electron chi connectivity index (χ4n) is 4.47. The SMILES string of the molecule is CCCNC(=O)[C@H](Cc1ccccc1)N(Cc1cccc(Cl)c1)C(=O)CCCN(c1ccc(C)cc1)S(C)(=O)=O. The van der Waals surface area contributed by atoms with Crippen molar-refractivity contribution in [3.63, 3.8) is 0 Å². The van der Waals surface area contributed by atoms with Crippen molar-refractivity contribution in [2.45, 2.75) is 52.1 Å². The van der Waals surface area contributed by atoms with Crippen LogP contribution >= 0.6 is 11.6 Å². The van der Waals surface area contributed by atoms with E-state index in [2.05, 4.69) is 5.32 Å². The van der Waals surface area contributed by atoms with Crippen LogP contribution in [0.25, 0.3) is 0 Å². The van der Waals surface area contributed by atoms with Crippen molar-refractivity contribution < 1.29 is 18.0 Å². The van der Waals surface area contributed by atoms with E-state index >= 15 is 0 Å². The summed E-state index contributed by atoms with van der Waals surface area (Å²) < 4.78 is 26.4. The summed E-state index contributed by atoms with van der Waals surface area (Å²) in [4.78, 5) is 28.8. The van der Waals surface area contributed by atoms with Crippen molar-refractivity contribution >= 4 is 39.1 Å². The predicted octanol–water partition coefficient (Wildman–Crippen LogP) is 5.36. The lowest BCUT2D eigenvalue weighted by Crippen LogP contribution is -2.50. The number of carbonyl (C=O) groups excluding carboxylic acids is 2. The summed E-state index contributed by atoms with van der Waals surface area (Å²) in [6.45, 7) is 4.75. The van der Waals surface area contributed by atoms with Crippen LogP contribution in [0.3, 0.4) is 0 Å². The fourth-order valence-corrected chi connectivity index (χ4v) is 5.65. The number of nitrogens with one attached hydrogen (secondary N) is 1. The minimum Gasteiger partial charge on any atom is -0.354 e. The maximum atomic E-state index is 13.8. The van der Waals surface area contributed by atoms with Crippen molar-refractivity contribution in [3.05, 3.63) is 101 Å². The van der Waals surface area contributed by atoms with Gasteiger partial charge >= 0.3 is 0 Å². The molecule has 0 aliphatic heterocycles. The van der Waals surface area contributed by atoms with Gasteiger partial charge in [0.15, 0.2) is 0 Å². The van der Waals surface area contributed by atoms with Crippen LogP contribution in [0.1, 0.15) is 42.9 Å². The standard InChI is InChI=1S/C31H38ClN3O4S/c1-4-19-33-31(37)29(22-25-10-6-5-7-11-25)34(23-26-12-8-13-27(32)21-26)30(36)14-9-20-35(40(3,38)39)28-17-15-24(2)16-18-28/h5-8,10-13,15-18,21,29H,4,9,14,19-20,22-23H2,1-3H3,(H,33,37)/t29-/m0/s1. The highest BCUT2D eigenvalue weighted by molar-refractivity contribution is 7.92. The highest BCUT2D eigenvalue weighted by atomic mass is 35.5. The molecule has 0 saturated carbocycles. The molecule has 0 fully saturated rings. The van der Waals surface area contributed by atoms with Crippen molar-refractivity contribution in [2.75, 3.05) is 23.7 Å². The van der Waals surface area contributed by atoms with Crippen LogP contribution in [0, 0.1) is 6.92 Å². The molecule has 214 valence electrons. The molecule has 1 atom stereocenters. The number of rotatable bonds is 14. The summed E-state index contributed by atoms with van der Waals surface area (Å²) in [7, 11) is -3.55. The van der Waals surface area contributed by atoms with Crippen molar-refractivity contribution in [3.8, 4) is 0 Å². The molecule has 0 aromatic heterocycles. The molecule has 3 rings (SSSR count). The second kappa shape index (κ2) is 14.9. The molecule has 0 bridgehead atoms. The first-order valence-electron chi connectivity index (χ1n) is 13.5. The first-order chi connectivity index (χ1) is 19.1. The van der Waals surface area contributed by atoms with E-state index in [0.717, 1.165) is 29.4 Å². The maximum absolute atomic E-state index is 13.8. The van der Waals surface area contributed by atoms with Crippen LogP contribution in [-0.2, 0) is 32.6 Å². The molecule has 0 heterocycles. The number of halogens is 1. The highest BCUT2D eigenvalue weighted by Gasteiger charge is 2.30. The van der Waals surface area contributed by atoms with E-state index in [1.165, 1.54) is 4.31 Å². The van der Waals surface area contributed by atoms with Crippen LogP contribution < -0.4 is 9.62 Å². The maximum Gasteiger partial charge on any atom is 0.243 e. The van der Waals surface area contributed by atoms with E-state index < -0.39 is 16.1 Å². The first-order valence-corrected chi connectivity index (χ1v) is 15.7. The van der Waals surface area contributed by atoms with E-state index in [4.69, 9.17) is 11.6 Å². The lowest BCUT2D eigenvalue weighted by Gasteiger charge is -2.32. The van der Waals surface area contributed by atoms with E-state index in [1.807, 2.05) is 68.4 Å². The van der Waals surface area contributed by atoms with Crippen LogP contribution in [0.5, 0.6) is 0 Å². The Morgan fingerprint density at radius 2 is 1.62 bits per heavy atom. The zero-order valence-corrected chi connectivity index (χ0v) is 24.9. The molecule has 0 saturated heterocycles. The van der Waals surface area contributed by atoms with E-state index in [0.29, 0.717) is 30.1 Å².